The number of hydrogen-bond acceptors (Lipinski definition) is 4. The summed E-state index contributed by atoms with van der Waals surface area (Å²) in [6, 6.07) is 8.03. The van der Waals surface area contributed by atoms with Crippen LogP contribution in [-0.2, 0) is 0 Å². The molecule has 1 aromatic carbocycles. The van der Waals surface area contributed by atoms with E-state index in [0.29, 0.717) is 12.5 Å². The predicted octanol–water partition coefficient (Wildman–Crippen LogP) is 2.54. The Morgan fingerprint density at radius 3 is 2.76 bits per heavy atom. The van der Waals surface area contributed by atoms with E-state index in [9.17, 15) is 5.11 Å². The molecule has 2 heterocycles. The summed E-state index contributed by atoms with van der Waals surface area (Å²) < 4.78 is 0. The van der Waals surface area contributed by atoms with Crippen molar-refractivity contribution in [3.63, 3.8) is 0 Å². The third-order valence-electron chi connectivity index (χ3n) is 5.37. The molecule has 110 valence electrons. The van der Waals surface area contributed by atoms with Gasteiger partial charge in [-0.25, -0.2) is 9.97 Å². The number of para-hydroxylation sites is 2. The van der Waals surface area contributed by atoms with Crippen molar-refractivity contribution >= 4 is 16.9 Å². The maximum atomic E-state index is 9.87. The first kappa shape index (κ1) is 13.0. The van der Waals surface area contributed by atoms with Gasteiger partial charge in [0.2, 0.25) is 0 Å². The maximum Gasteiger partial charge on any atom is 0.150 e. The Labute approximate surface area is 124 Å². The normalized spacial score (nSPS) is 28.3. The van der Waals surface area contributed by atoms with E-state index in [2.05, 4.69) is 4.90 Å². The fourth-order valence-corrected chi connectivity index (χ4v) is 4.21. The predicted molar refractivity (Wildman–Crippen MR) is 83.3 cm³/mol. The third kappa shape index (κ3) is 1.93. The van der Waals surface area contributed by atoms with Gasteiger partial charge in [0.15, 0.2) is 5.82 Å². The Morgan fingerprint density at radius 2 is 2.05 bits per heavy atom. The molecule has 0 bridgehead atoms. The van der Waals surface area contributed by atoms with Gasteiger partial charge in [-0.2, -0.15) is 0 Å². The van der Waals surface area contributed by atoms with Crippen molar-refractivity contribution < 1.29 is 5.11 Å². The standard InChI is InChI=1S/C17H21N3O/c1-12-16(19-15-7-3-2-6-14(15)18-12)20-9-13-5-4-8-17(13,10-20)11-21/h2-3,6-7,13,21H,4-5,8-11H2,1H3. The van der Waals surface area contributed by atoms with Gasteiger partial charge in [-0.15, -0.1) is 0 Å². The fraction of sp³-hybridized carbons (Fsp3) is 0.529. The molecule has 1 N–H and O–H groups in total. The van der Waals surface area contributed by atoms with Crippen LogP contribution in [-0.4, -0.2) is 34.8 Å². The molecule has 4 nitrogen and oxygen atoms in total. The van der Waals surface area contributed by atoms with Crippen LogP contribution in [0.1, 0.15) is 25.0 Å². The van der Waals surface area contributed by atoms with Gasteiger partial charge in [0.05, 0.1) is 23.3 Å². The van der Waals surface area contributed by atoms with E-state index in [0.717, 1.165) is 42.1 Å². The molecule has 2 unspecified atom stereocenters. The molecule has 0 amide bonds. The van der Waals surface area contributed by atoms with Crippen molar-refractivity contribution in [2.75, 3.05) is 24.6 Å². The summed E-state index contributed by atoms with van der Waals surface area (Å²) in [6.07, 6.45) is 3.63. The minimum atomic E-state index is 0.0970. The fourth-order valence-electron chi connectivity index (χ4n) is 4.21. The minimum Gasteiger partial charge on any atom is -0.396 e. The van der Waals surface area contributed by atoms with Crippen molar-refractivity contribution in [1.82, 2.24) is 9.97 Å². The zero-order valence-electron chi connectivity index (χ0n) is 12.4. The minimum absolute atomic E-state index is 0.0970. The number of fused-ring (bicyclic) bond motifs is 2. The summed E-state index contributed by atoms with van der Waals surface area (Å²) in [5.74, 6) is 1.60. The van der Waals surface area contributed by atoms with Crippen LogP contribution in [0.4, 0.5) is 5.82 Å². The molecule has 21 heavy (non-hydrogen) atoms. The highest BCUT2D eigenvalue weighted by atomic mass is 16.3. The van der Waals surface area contributed by atoms with E-state index in [4.69, 9.17) is 9.97 Å². The highest BCUT2D eigenvalue weighted by molar-refractivity contribution is 5.76. The molecule has 1 saturated heterocycles. The molecule has 2 atom stereocenters. The quantitative estimate of drug-likeness (QED) is 0.920. The first-order valence-electron chi connectivity index (χ1n) is 7.81. The van der Waals surface area contributed by atoms with Crippen LogP contribution in [0.3, 0.4) is 0 Å². The van der Waals surface area contributed by atoms with Crippen molar-refractivity contribution in [2.24, 2.45) is 11.3 Å². The van der Waals surface area contributed by atoms with Crippen LogP contribution in [0.5, 0.6) is 0 Å². The Balaban J connectivity index is 1.73. The van der Waals surface area contributed by atoms with Crippen LogP contribution < -0.4 is 4.90 Å². The Morgan fingerprint density at radius 1 is 1.29 bits per heavy atom. The lowest BCUT2D eigenvalue weighted by Crippen LogP contribution is -2.31. The van der Waals surface area contributed by atoms with Gasteiger partial charge in [-0.3, -0.25) is 0 Å². The average molecular weight is 283 g/mol. The van der Waals surface area contributed by atoms with Crippen molar-refractivity contribution in [3.05, 3.63) is 30.0 Å². The number of benzene rings is 1. The molecular formula is C17H21N3O. The molecule has 0 spiro atoms. The molecule has 1 saturated carbocycles. The number of rotatable bonds is 2. The number of hydrogen-bond donors (Lipinski definition) is 1. The van der Waals surface area contributed by atoms with Crippen molar-refractivity contribution in [2.45, 2.75) is 26.2 Å². The summed E-state index contributed by atoms with van der Waals surface area (Å²) in [5, 5.41) is 9.87. The van der Waals surface area contributed by atoms with Crippen molar-refractivity contribution in [1.29, 1.82) is 0 Å². The van der Waals surface area contributed by atoms with E-state index in [-0.39, 0.29) is 5.41 Å². The van der Waals surface area contributed by atoms with E-state index in [1.165, 1.54) is 12.8 Å². The zero-order valence-corrected chi connectivity index (χ0v) is 12.4. The van der Waals surface area contributed by atoms with Gasteiger partial charge in [0.25, 0.3) is 0 Å². The van der Waals surface area contributed by atoms with Crippen LogP contribution in [0.25, 0.3) is 11.0 Å². The molecular weight excluding hydrogens is 262 g/mol. The monoisotopic (exact) mass is 283 g/mol. The van der Waals surface area contributed by atoms with E-state index >= 15 is 0 Å². The van der Waals surface area contributed by atoms with E-state index in [1.54, 1.807) is 0 Å². The molecule has 2 fully saturated rings. The van der Waals surface area contributed by atoms with E-state index < -0.39 is 0 Å². The number of aliphatic hydroxyl groups excluding tert-OH is 1. The summed E-state index contributed by atoms with van der Waals surface area (Å²) >= 11 is 0. The number of anilines is 1. The molecule has 0 radical (unpaired) electrons. The number of aromatic nitrogens is 2. The van der Waals surface area contributed by atoms with Gasteiger partial charge in [0.1, 0.15) is 0 Å². The second-order valence-electron chi connectivity index (χ2n) is 6.61. The summed E-state index contributed by atoms with van der Waals surface area (Å²) in [5.41, 5.74) is 2.99. The average Bonchev–Trinajstić information content (AvgIpc) is 3.03. The summed E-state index contributed by atoms with van der Waals surface area (Å²) in [4.78, 5) is 11.9. The second-order valence-corrected chi connectivity index (χ2v) is 6.61. The van der Waals surface area contributed by atoms with Gasteiger partial charge in [-0.1, -0.05) is 18.6 Å². The van der Waals surface area contributed by atoms with Crippen LogP contribution in [0, 0.1) is 18.3 Å². The topological polar surface area (TPSA) is 49.2 Å². The highest BCUT2D eigenvalue weighted by Crippen LogP contribution is 2.49. The largest absolute Gasteiger partial charge is 0.396 e. The lowest BCUT2D eigenvalue weighted by Gasteiger charge is -2.26. The second kappa shape index (κ2) is 4.67. The molecule has 2 aliphatic rings. The molecule has 2 aromatic rings. The lowest BCUT2D eigenvalue weighted by molar-refractivity contribution is 0.121. The third-order valence-corrected chi connectivity index (χ3v) is 5.37. The smallest absolute Gasteiger partial charge is 0.150 e. The lowest BCUT2D eigenvalue weighted by atomic mass is 9.82. The molecule has 1 aromatic heterocycles. The summed E-state index contributed by atoms with van der Waals surface area (Å²) in [6.45, 7) is 4.26. The van der Waals surface area contributed by atoms with Gasteiger partial charge in [-0.05, 0) is 37.8 Å². The Hall–Kier alpha value is -1.68. The molecule has 1 aliphatic heterocycles. The number of nitrogens with zero attached hydrogens (tertiary/aromatic N) is 3. The molecule has 1 aliphatic carbocycles. The molecule has 4 rings (SSSR count). The van der Waals surface area contributed by atoms with Crippen molar-refractivity contribution in [3.8, 4) is 0 Å². The number of aliphatic hydroxyl groups is 1. The Bertz CT molecular complexity index is 687. The van der Waals surface area contributed by atoms with Gasteiger partial charge < -0.3 is 10.0 Å². The van der Waals surface area contributed by atoms with Gasteiger partial charge in [0, 0.05) is 18.5 Å². The summed E-state index contributed by atoms with van der Waals surface area (Å²) in [7, 11) is 0. The maximum absolute atomic E-state index is 9.87. The SMILES string of the molecule is Cc1nc2ccccc2nc1N1CC2CCCC2(CO)C1. The first-order chi connectivity index (χ1) is 10.2. The highest BCUT2D eigenvalue weighted by Gasteiger charge is 2.49. The van der Waals surface area contributed by atoms with Crippen LogP contribution in [0.15, 0.2) is 24.3 Å². The first-order valence-corrected chi connectivity index (χ1v) is 7.81. The number of aryl methyl sites for hydroxylation is 1. The van der Waals surface area contributed by atoms with E-state index in [1.807, 2.05) is 31.2 Å². The van der Waals surface area contributed by atoms with Gasteiger partial charge >= 0.3 is 0 Å². The molecule has 4 heteroatoms. The van der Waals surface area contributed by atoms with Crippen LogP contribution in [0.2, 0.25) is 0 Å². The van der Waals surface area contributed by atoms with Crippen LogP contribution >= 0.6 is 0 Å². The zero-order chi connectivity index (χ0) is 14.4. The Kier molecular flexibility index (Phi) is 2.89.